The molecule has 0 spiro atoms. The van der Waals surface area contributed by atoms with E-state index in [-0.39, 0.29) is 6.54 Å². The van der Waals surface area contributed by atoms with Crippen molar-refractivity contribution in [3.05, 3.63) is 17.4 Å². The van der Waals surface area contributed by atoms with E-state index in [2.05, 4.69) is 10.4 Å². The summed E-state index contributed by atoms with van der Waals surface area (Å²) in [6.07, 6.45) is 3.05. The molecule has 1 unspecified atom stereocenters. The fourth-order valence-corrected chi connectivity index (χ4v) is 1.07. The number of aliphatic carboxylic acids is 1. The van der Waals surface area contributed by atoms with Crippen LogP contribution < -0.4 is 5.32 Å². The van der Waals surface area contributed by atoms with Crippen LogP contribution >= 0.6 is 11.6 Å². The second kappa shape index (κ2) is 4.25. The zero-order valence-electron chi connectivity index (χ0n) is 7.07. The highest BCUT2D eigenvalue weighted by molar-refractivity contribution is 6.30. The second-order valence-electron chi connectivity index (χ2n) is 2.56. The van der Waals surface area contributed by atoms with Crippen LogP contribution in [0.5, 0.6) is 0 Å². The molecule has 0 saturated heterocycles. The molecule has 0 aromatic carbocycles. The minimum atomic E-state index is -0.908. The second-order valence-corrected chi connectivity index (χ2v) is 3.00. The summed E-state index contributed by atoms with van der Waals surface area (Å²) in [6.45, 7) is 0.262. The molecule has 0 aliphatic rings. The molecule has 0 bridgehead atoms. The molecule has 0 radical (unpaired) electrons. The van der Waals surface area contributed by atoms with Gasteiger partial charge in [-0.3, -0.25) is 9.48 Å². The molecule has 0 fully saturated rings. The summed E-state index contributed by atoms with van der Waals surface area (Å²) in [5.74, 6) is -0.908. The van der Waals surface area contributed by atoms with Crippen LogP contribution in [-0.2, 0) is 11.3 Å². The first kappa shape index (κ1) is 10.0. The van der Waals surface area contributed by atoms with Crippen LogP contribution in [0.25, 0.3) is 0 Å². The van der Waals surface area contributed by atoms with Crippen molar-refractivity contribution in [3.8, 4) is 0 Å². The molecule has 0 amide bonds. The summed E-state index contributed by atoms with van der Waals surface area (Å²) in [4.78, 5) is 10.6. The largest absolute Gasteiger partial charge is 0.480 e. The predicted molar refractivity (Wildman–Crippen MR) is 47.7 cm³/mol. The predicted octanol–water partition coefficient (Wildman–Crippen LogP) is 0.209. The van der Waals surface area contributed by atoms with E-state index in [1.807, 2.05) is 0 Å². The standard InChI is InChI=1S/C7H10ClN3O2/c1-9-6(7(12)13)4-11-3-5(8)2-10-11/h2-3,6,9H,4H2,1H3,(H,12,13). The van der Waals surface area contributed by atoms with Gasteiger partial charge in [0.2, 0.25) is 0 Å². The number of likely N-dealkylation sites (N-methyl/N-ethyl adjacent to an activating group) is 1. The van der Waals surface area contributed by atoms with E-state index in [4.69, 9.17) is 16.7 Å². The summed E-state index contributed by atoms with van der Waals surface area (Å²) >= 11 is 5.62. The average molecular weight is 204 g/mol. The fourth-order valence-electron chi connectivity index (χ4n) is 0.918. The lowest BCUT2D eigenvalue weighted by atomic mass is 10.3. The van der Waals surface area contributed by atoms with E-state index in [0.29, 0.717) is 5.02 Å². The zero-order chi connectivity index (χ0) is 9.84. The normalized spacial score (nSPS) is 12.8. The number of carboxylic acids is 1. The summed E-state index contributed by atoms with van der Waals surface area (Å²) in [5, 5.41) is 15.7. The van der Waals surface area contributed by atoms with Crippen LogP contribution in [-0.4, -0.2) is 33.9 Å². The Morgan fingerprint density at radius 2 is 2.62 bits per heavy atom. The van der Waals surface area contributed by atoms with Crippen LogP contribution in [0.3, 0.4) is 0 Å². The molecule has 0 saturated carbocycles. The minimum absolute atomic E-state index is 0.262. The fraction of sp³-hybridized carbons (Fsp3) is 0.429. The third kappa shape index (κ3) is 2.71. The first-order valence-corrected chi connectivity index (χ1v) is 4.09. The molecule has 1 aromatic heterocycles. The maximum absolute atomic E-state index is 10.6. The summed E-state index contributed by atoms with van der Waals surface area (Å²) in [6, 6.07) is -0.643. The van der Waals surface area contributed by atoms with Crippen LogP contribution in [0.15, 0.2) is 12.4 Å². The van der Waals surface area contributed by atoms with Gasteiger partial charge in [0.25, 0.3) is 0 Å². The van der Waals surface area contributed by atoms with E-state index >= 15 is 0 Å². The van der Waals surface area contributed by atoms with Crippen molar-refractivity contribution in [2.24, 2.45) is 0 Å². The Morgan fingerprint density at radius 3 is 3.00 bits per heavy atom. The Morgan fingerprint density at radius 1 is 1.92 bits per heavy atom. The van der Waals surface area contributed by atoms with E-state index in [9.17, 15) is 4.79 Å². The maximum atomic E-state index is 10.6. The van der Waals surface area contributed by atoms with E-state index in [1.165, 1.54) is 10.9 Å². The highest BCUT2D eigenvalue weighted by Gasteiger charge is 2.15. The molecule has 0 aliphatic carbocycles. The Balaban J connectivity index is 2.61. The number of nitrogens with one attached hydrogen (secondary N) is 1. The van der Waals surface area contributed by atoms with E-state index in [1.54, 1.807) is 13.2 Å². The van der Waals surface area contributed by atoms with Crippen molar-refractivity contribution in [2.75, 3.05) is 7.05 Å². The number of carboxylic acid groups (broad SMARTS) is 1. The monoisotopic (exact) mass is 203 g/mol. The first-order valence-electron chi connectivity index (χ1n) is 3.71. The Hall–Kier alpha value is -1.07. The van der Waals surface area contributed by atoms with Crippen LogP contribution in [0.1, 0.15) is 0 Å². The van der Waals surface area contributed by atoms with Gasteiger partial charge >= 0.3 is 5.97 Å². The molecule has 1 heterocycles. The van der Waals surface area contributed by atoms with Crippen LogP contribution in [0, 0.1) is 0 Å². The maximum Gasteiger partial charge on any atom is 0.322 e. The van der Waals surface area contributed by atoms with Crippen LogP contribution in [0.2, 0.25) is 5.02 Å². The third-order valence-electron chi connectivity index (χ3n) is 1.62. The Kier molecular flexibility index (Phi) is 3.27. The summed E-state index contributed by atoms with van der Waals surface area (Å²) in [5.41, 5.74) is 0. The SMILES string of the molecule is CNC(Cn1cc(Cl)cn1)C(=O)O. The number of hydrogen-bond acceptors (Lipinski definition) is 3. The number of rotatable bonds is 4. The van der Waals surface area contributed by atoms with Gasteiger partial charge in [0.1, 0.15) is 6.04 Å². The van der Waals surface area contributed by atoms with Gasteiger partial charge in [-0.2, -0.15) is 5.10 Å². The van der Waals surface area contributed by atoms with Gasteiger partial charge in [-0.1, -0.05) is 11.6 Å². The number of halogens is 1. The molecule has 1 rings (SSSR count). The highest BCUT2D eigenvalue weighted by atomic mass is 35.5. The molecular formula is C7H10ClN3O2. The molecule has 6 heteroatoms. The molecule has 1 atom stereocenters. The van der Waals surface area contributed by atoms with Gasteiger partial charge in [-0.25, -0.2) is 0 Å². The molecule has 13 heavy (non-hydrogen) atoms. The Bertz CT molecular complexity index is 300. The van der Waals surface area contributed by atoms with E-state index < -0.39 is 12.0 Å². The average Bonchev–Trinajstić information content (AvgIpc) is 2.46. The lowest BCUT2D eigenvalue weighted by Gasteiger charge is -2.10. The van der Waals surface area contributed by atoms with Crippen molar-refractivity contribution in [3.63, 3.8) is 0 Å². The van der Waals surface area contributed by atoms with Crippen molar-refractivity contribution < 1.29 is 9.90 Å². The third-order valence-corrected chi connectivity index (χ3v) is 1.81. The summed E-state index contributed by atoms with van der Waals surface area (Å²) < 4.78 is 1.48. The van der Waals surface area contributed by atoms with Gasteiger partial charge in [0, 0.05) is 6.20 Å². The summed E-state index contributed by atoms with van der Waals surface area (Å²) in [7, 11) is 1.59. The number of carbonyl (C=O) groups is 1. The minimum Gasteiger partial charge on any atom is -0.480 e. The van der Waals surface area contributed by atoms with Gasteiger partial charge in [-0.05, 0) is 7.05 Å². The topological polar surface area (TPSA) is 67.2 Å². The van der Waals surface area contributed by atoms with Gasteiger partial charge in [-0.15, -0.1) is 0 Å². The highest BCUT2D eigenvalue weighted by Crippen LogP contribution is 2.04. The molecule has 1 aromatic rings. The number of nitrogens with zero attached hydrogens (tertiary/aromatic N) is 2. The van der Waals surface area contributed by atoms with E-state index in [0.717, 1.165) is 0 Å². The van der Waals surface area contributed by atoms with Crippen molar-refractivity contribution in [1.29, 1.82) is 0 Å². The zero-order valence-corrected chi connectivity index (χ0v) is 7.82. The molecule has 72 valence electrons. The smallest absolute Gasteiger partial charge is 0.322 e. The van der Waals surface area contributed by atoms with Crippen molar-refractivity contribution >= 4 is 17.6 Å². The van der Waals surface area contributed by atoms with Gasteiger partial charge < -0.3 is 10.4 Å². The lowest BCUT2D eigenvalue weighted by molar-refractivity contribution is -0.139. The lowest BCUT2D eigenvalue weighted by Crippen LogP contribution is -2.37. The molecular weight excluding hydrogens is 194 g/mol. The Labute approximate surface area is 80.3 Å². The number of aromatic nitrogens is 2. The van der Waals surface area contributed by atoms with Crippen molar-refractivity contribution in [2.45, 2.75) is 12.6 Å². The number of hydrogen-bond donors (Lipinski definition) is 2. The first-order chi connectivity index (χ1) is 6.13. The molecule has 2 N–H and O–H groups in total. The van der Waals surface area contributed by atoms with Crippen LogP contribution in [0.4, 0.5) is 0 Å². The van der Waals surface area contributed by atoms with Gasteiger partial charge in [0.05, 0.1) is 17.8 Å². The van der Waals surface area contributed by atoms with Crippen molar-refractivity contribution in [1.82, 2.24) is 15.1 Å². The molecule has 0 aliphatic heterocycles. The van der Waals surface area contributed by atoms with Gasteiger partial charge in [0.15, 0.2) is 0 Å². The quantitative estimate of drug-likeness (QED) is 0.734. The molecule has 5 nitrogen and oxygen atoms in total.